The Balaban J connectivity index is 2.68. The fraction of sp³-hybridized carbons (Fsp3) is 0.692. The number of hydrogen-bond acceptors (Lipinski definition) is 3. The van der Waals surface area contributed by atoms with Gasteiger partial charge < -0.3 is 5.32 Å². The molecule has 4 heteroatoms. The average molecular weight is 254 g/mol. The molecule has 1 N–H and O–H groups in total. The molecule has 0 saturated carbocycles. The molecule has 1 rings (SSSR count). The standard InChI is InChI=1S/C13H22N2OS/c1-12(2,3)8-14-10(16)9-7-17-11(15-9)13(4,5)6/h7H,8H2,1-6H3,(H,14,16). The SMILES string of the molecule is CC(C)(C)CNC(=O)c1csc(C(C)(C)C)n1. The number of aromatic nitrogens is 1. The van der Waals surface area contributed by atoms with Crippen molar-refractivity contribution < 1.29 is 4.79 Å². The lowest BCUT2D eigenvalue weighted by atomic mass is 9.97. The zero-order valence-corrected chi connectivity index (χ0v) is 12.4. The molecule has 1 amide bonds. The Kier molecular flexibility index (Phi) is 3.97. The summed E-state index contributed by atoms with van der Waals surface area (Å²) in [5.74, 6) is -0.0772. The first-order valence-electron chi connectivity index (χ1n) is 5.84. The van der Waals surface area contributed by atoms with Crippen LogP contribution in [0.25, 0.3) is 0 Å². The van der Waals surface area contributed by atoms with Crippen molar-refractivity contribution in [3.63, 3.8) is 0 Å². The van der Waals surface area contributed by atoms with Crippen LogP contribution in [-0.2, 0) is 5.41 Å². The number of hydrogen-bond donors (Lipinski definition) is 1. The van der Waals surface area contributed by atoms with Gasteiger partial charge in [0.25, 0.3) is 5.91 Å². The van der Waals surface area contributed by atoms with Crippen LogP contribution in [0.5, 0.6) is 0 Å². The summed E-state index contributed by atoms with van der Waals surface area (Å²) in [6.07, 6.45) is 0. The Hall–Kier alpha value is -0.900. The second-order valence-corrected chi connectivity index (χ2v) is 7.39. The van der Waals surface area contributed by atoms with Crippen LogP contribution in [-0.4, -0.2) is 17.4 Å². The Morgan fingerprint density at radius 3 is 2.29 bits per heavy atom. The van der Waals surface area contributed by atoms with E-state index >= 15 is 0 Å². The van der Waals surface area contributed by atoms with E-state index in [9.17, 15) is 4.79 Å². The van der Waals surface area contributed by atoms with Crippen molar-refractivity contribution >= 4 is 17.2 Å². The van der Waals surface area contributed by atoms with Crippen molar-refractivity contribution in [1.29, 1.82) is 0 Å². The topological polar surface area (TPSA) is 42.0 Å². The van der Waals surface area contributed by atoms with Gasteiger partial charge in [0.2, 0.25) is 0 Å². The van der Waals surface area contributed by atoms with E-state index in [0.29, 0.717) is 12.2 Å². The third-order valence-corrected chi connectivity index (χ3v) is 3.43. The lowest BCUT2D eigenvalue weighted by molar-refractivity contribution is 0.0934. The van der Waals surface area contributed by atoms with Gasteiger partial charge in [-0.15, -0.1) is 11.3 Å². The molecule has 0 aliphatic carbocycles. The van der Waals surface area contributed by atoms with Crippen molar-refractivity contribution in [2.75, 3.05) is 6.54 Å². The first kappa shape index (κ1) is 14.2. The number of thiazole rings is 1. The smallest absolute Gasteiger partial charge is 0.270 e. The molecular weight excluding hydrogens is 232 g/mol. The van der Waals surface area contributed by atoms with Crippen LogP contribution in [0.3, 0.4) is 0 Å². The molecule has 0 aliphatic rings. The van der Waals surface area contributed by atoms with E-state index in [1.54, 1.807) is 11.3 Å². The predicted octanol–water partition coefficient (Wildman–Crippen LogP) is 3.22. The minimum Gasteiger partial charge on any atom is -0.350 e. The minimum atomic E-state index is -0.0772. The van der Waals surface area contributed by atoms with Crippen LogP contribution in [0, 0.1) is 5.41 Å². The Labute approximate surface area is 108 Å². The summed E-state index contributed by atoms with van der Waals surface area (Å²) in [5.41, 5.74) is 0.635. The van der Waals surface area contributed by atoms with Gasteiger partial charge in [-0.1, -0.05) is 41.5 Å². The molecule has 0 spiro atoms. The number of amides is 1. The predicted molar refractivity (Wildman–Crippen MR) is 72.6 cm³/mol. The van der Waals surface area contributed by atoms with Crippen LogP contribution >= 0.6 is 11.3 Å². The molecule has 3 nitrogen and oxygen atoms in total. The molecular formula is C13H22N2OS. The van der Waals surface area contributed by atoms with Gasteiger partial charge in [0.15, 0.2) is 0 Å². The highest BCUT2D eigenvalue weighted by atomic mass is 32.1. The van der Waals surface area contributed by atoms with Gasteiger partial charge in [0.05, 0.1) is 5.01 Å². The summed E-state index contributed by atoms with van der Waals surface area (Å²) in [5, 5.41) is 5.74. The van der Waals surface area contributed by atoms with Gasteiger partial charge in [0, 0.05) is 17.3 Å². The molecule has 0 fully saturated rings. The molecule has 1 heterocycles. The molecule has 0 aliphatic heterocycles. The fourth-order valence-corrected chi connectivity index (χ4v) is 2.05. The van der Waals surface area contributed by atoms with Crippen LogP contribution in [0.4, 0.5) is 0 Å². The summed E-state index contributed by atoms with van der Waals surface area (Å²) in [7, 11) is 0. The second kappa shape index (κ2) is 4.77. The quantitative estimate of drug-likeness (QED) is 0.880. The van der Waals surface area contributed by atoms with Gasteiger partial charge in [-0.3, -0.25) is 4.79 Å². The van der Waals surface area contributed by atoms with Gasteiger partial charge in [-0.25, -0.2) is 4.98 Å². The van der Waals surface area contributed by atoms with Gasteiger partial charge >= 0.3 is 0 Å². The summed E-state index contributed by atoms with van der Waals surface area (Å²) < 4.78 is 0. The largest absolute Gasteiger partial charge is 0.350 e. The van der Waals surface area contributed by atoms with Crippen molar-refractivity contribution in [2.45, 2.75) is 47.0 Å². The molecule has 0 atom stereocenters. The molecule has 0 bridgehead atoms. The maximum atomic E-state index is 11.9. The van der Waals surface area contributed by atoms with Crippen molar-refractivity contribution in [1.82, 2.24) is 10.3 Å². The maximum Gasteiger partial charge on any atom is 0.270 e. The Bertz CT molecular complexity index is 396. The third kappa shape index (κ3) is 4.46. The first-order chi connectivity index (χ1) is 7.59. The van der Waals surface area contributed by atoms with E-state index in [2.05, 4.69) is 51.8 Å². The lowest BCUT2D eigenvalue weighted by Gasteiger charge is -2.18. The van der Waals surface area contributed by atoms with Gasteiger partial charge in [0.1, 0.15) is 5.69 Å². The third-order valence-electron chi connectivity index (χ3n) is 2.16. The Morgan fingerprint density at radius 2 is 1.88 bits per heavy atom. The van der Waals surface area contributed by atoms with E-state index in [4.69, 9.17) is 0 Å². The molecule has 96 valence electrons. The summed E-state index contributed by atoms with van der Waals surface area (Å²) in [4.78, 5) is 16.3. The second-order valence-electron chi connectivity index (χ2n) is 6.53. The van der Waals surface area contributed by atoms with Crippen LogP contribution < -0.4 is 5.32 Å². The van der Waals surface area contributed by atoms with Crippen molar-refractivity contribution in [3.8, 4) is 0 Å². The van der Waals surface area contributed by atoms with E-state index in [-0.39, 0.29) is 16.7 Å². The molecule has 0 unspecified atom stereocenters. The van der Waals surface area contributed by atoms with Crippen LogP contribution in [0.15, 0.2) is 5.38 Å². The lowest BCUT2D eigenvalue weighted by Crippen LogP contribution is -2.32. The highest BCUT2D eigenvalue weighted by Crippen LogP contribution is 2.25. The van der Waals surface area contributed by atoms with E-state index in [0.717, 1.165) is 5.01 Å². The van der Waals surface area contributed by atoms with Gasteiger partial charge in [-0.05, 0) is 5.41 Å². The molecule has 17 heavy (non-hydrogen) atoms. The Morgan fingerprint density at radius 1 is 1.29 bits per heavy atom. The molecule has 1 aromatic heterocycles. The monoisotopic (exact) mass is 254 g/mol. The number of nitrogens with one attached hydrogen (secondary N) is 1. The summed E-state index contributed by atoms with van der Waals surface area (Å²) in [6, 6.07) is 0. The van der Waals surface area contributed by atoms with E-state index < -0.39 is 0 Å². The summed E-state index contributed by atoms with van der Waals surface area (Å²) in [6.45, 7) is 13.2. The highest BCUT2D eigenvalue weighted by molar-refractivity contribution is 7.10. The highest BCUT2D eigenvalue weighted by Gasteiger charge is 2.21. The molecule has 0 radical (unpaired) electrons. The molecule has 1 aromatic rings. The summed E-state index contributed by atoms with van der Waals surface area (Å²) >= 11 is 1.55. The number of carbonyl (C=O) groups excluding carboxylic acids is 1. The number of carbonyl (C=O) groups is 1. The van der Waals surface area contributed by atoms with Crippen LogP contribution in [0.2, 0.25) is 0 Å². The van der Waals surface area contributed by atoms with Crippen molar-refractivity contribution in [3.05, 3.63) is 16.1 Å². The van der Waals surface area contributed by atoms with Crippen molar-refractivity contribution in [2.24, 2.45) is 5.41 Å². The molecule has 0 aromatic carbocycles. The van der Waals surface area contributed by atoms with E-state index in [1.165, 1.54) is 0 Å². The normalized spacial score (nSPS) is 12.6. The molecule has 0 saturated heterocycles. The zero-order valence-electron chi connectivity index (χ0n) is 11.5. The minimum absolute atomic E-state index is 0.00717. The van der Waals surface area contributed by atoms with Crippen LogP contribution in [0.1, 0.15) is 57.0 Å². The van der Waals surface area contributed by atoms with Gasteiger partial charge in [-0.2, -0.15) is 0 Å². The average Bonchev–Trinajstić information content (AvgIpc) is 2.60. The maximum absolute atomic E-state index is 11.9. The number of nitrogens with zero attached hydrogens (tertiary/aromatic N) is 1. The zero-order chi connectivity index (χ0) is 13.3. The fourth-order valence-electron chi connectivity index (χ4n) is 1.16. The van der Waals surface area contributed by atoms with E-state index in [1.807, 2.05) is 5.38 Å². The first-order valence-corrected chi connectivity index (χ1v) is 6.72. The number of rotatable bonds is 2.